The van der Waals surface area contributed by atoms with Gasteiger partial charge in [-0.2, -0.15) is 0 Å². The number of rotatable bonds is 0. The molecule has 2 aromatic rings. The van der Waals surface area contributed by atoms with Crippen molar-refractivity contribution in [1.82, 2.24) is 19.6 Å². The van der Waals surface area contributed by atoms with E-state index in [0.29, 0.717) is 0 Å². The van der Waals surface area contributed by atoms with Crippen LogP contribution in [0.15, 0.2) is 18.6 Å². The molecule has 0 unspecified atom stereocenters. The first-order valence-electron chi connectivity index (χ1n) is 2.49. The average Bonchev–Trinajstić information content (AvgIpc) is 2.33. The summed E-state index contributed by atoms with van der Waals surface area (Å²) >= 11 is 0. The van der Waals surface area contributed by atoms with Gasteiger partial charge in [0.25, 0.3) is 0 Å². The summed E-state index contributed by atoms with van der Waals surface area (Å²) in [5.41, 5.74) is 0.769. The van der Waals surface area contributed by atoms with E-state index < -0.39 is 0 Å². The highest BCUT2D eigenvalue weighted by Crippen LogP contribution is 1.90. The summed E-state index contributed by atoms with van der Waals surface area (Å²) in [4.78, 5) is 3.84. The molecule has 4 nitrogen and oxygen atoms in total. The van der Waals surface area contributed by atoms with Crippen molar-refractivity contribution in [2.45, 2.75) is 0 Å². The topological polar surface area (TPSA) is 43.1 Å². The highest BCUT2D eigenvalue weighted by molar-refractivity contribution is 5.32. The molecular formula is C5H3N4. The first kappa shape index (κ1) is 4.43. The maximum atomic E-state index is 3.84. The van der Waals surface area contributed by atoms with Crippen molar-refractivity contribution in [3.8, 4) is 0 Å². The van der Waals surface area contributed by atoms with Gasteiger partial charge in [0.1, 0.15) is 6.33 Å². The molecule has 0 amide bonds. The Kier molecular flexibility index (Phi) is 0.745. The van der Waals surface area contributed by atoms with Gasteiger partial charge >= 0.3 is 0 Å². The zero-order chi connectivity index (χ0) is 6.10. The molecule has 0 aliphatic rings. The Morgan fingerprint density at radius 1 is 1.56 bits per heavy atom. The van der Waals surface area contributed by atoms with Gasteiger partial charge in [0, 0.05) is 12.3 Å². The lowest BCUT2D eigenvalue weighted by Crippen LogP contribution is -1.82. The van der Waals surface area contributed by atoms with E-state index in [2.05, 4.69) is 21.5 Å². The van der Waals surface area contributed by atoms with Crippen LogP contribution >= 0.6 is 0 Å². The first-order valence-corrected chi connectivity index (χ1v) is 2.49. The Labute approximate surface area is 51.2 Å². The van der Waals surface area contributed by atoms with Gasteiger partial charge in [0.05, 0.1) is 0 Å². The van der Waals surface area contributed by atoms with E-state index in [1.165, 1.54) is 0 Å². The van der Waals surface area contributed by atoms with Gasteiger partial charge in [-0.1, -0.05) is 0 Å². The average molecular weight is 119 g/mol. The number of hydrogen-bond acceptors (Lipinski definition) is 3. The predicted molar refractivity (Wildman–Crippen MR) is 29.6 cm³/mol. The molecule has 43 valence electrons. The van der Waals surface area contributed by atoms with E-state index in [9.17, 15) is 0 Å². The summed E-state index contributed by atoms with van der Waals surface area (Å²) in [5, 5.41) is 7.29. The number of fused-ring (bicyclic) bond motifs is 1. The van der Waals surface area contributed by atoms with Crippen LogP contribution in [0, 0.1) is 6.33 Å². The normalized spacial score (nSPS) is 10.2. The monoisotopic (exact) mass is 119 g/mol. The second-order valence-corrected chi connectivity index (χ2v) is 1.61. The molecule has 1 radical (unpaired) electrons. The zero-order valence-corrected chi connectivity index (χ0v) is 4.52. The highest BCUT2D eigenvalue weighted by Gasteiger charge is 1.89. The van der Waals surface area contributed by atoms with Crippen LogP contribution in [-0.4, -0.2) is 19.6 Å². The molecule has 4 heteroatoms. The molecule has 0 aromatic carbocycles. The Morgan fingerprint density at radius 3 is 3.44 bits per heavy atom. The summed E-state index contributed by atoms with van der Waals surface area (Å²) in [7, 11) is 0. The lowest BCUT2D eigenvalue weighted by atomic mass is 10.6. The van der Waals surface area contributed by atoms with Crippen molar-refractivity contribution in [3.05, 3.63) is 24.9 Å². The zero-order valence-electron chi connectivity index (χ0n) is 4.52. The number of nitrogens with zero attached hydrogens (tertiary/aromatic N) is 4. The van der Waals surface area contributed by atoms with Crippen molar-refractivity contribution in [2.75, 3.05) is 0 Å². The largest absolute Gasteiger partial charge is 0.263 e. The third-order valence-corrected chi connectivity index (χ3v) is 1.04. The standard InChI is InChI=1S/C5H3N4/c1-2-6-3-9-4-7-8-5(1)9/h1-3H. The predicted octanol–water partition coefficient (Wildman–Crippen LogP) is -0.0755. The van der Waals surface area contributed by atoms with Gasteiger partial charge in [0.15, 0.2) is 5.65 Å². The van der Waals surface area contributed by atoms with Crippen molar-refractivity contribution in [2.24, 2.45) is 0 Å². The summed E-state index contributed by atoms with van der Waals surface area (Å²) < 4.78 is 1.62. The molecule has 0 aliphatic heterocycles. The Bertz CT molecular complexity index is 283. The summed E-state index contributed by atoms with van der Waals surface area (Å²) in [6, 6.07) is 1.77. The molecular weight excluding hydrogens is 116 g/mol. The van der Waals surface area contributed by atoms with Crippen LogP contribution in [0.3, 0.4) is 0 Å². The van der Waals surface area contributed by atoms with Gasteiger partial charge in [-0.15, -0.1) is 10.2 Å². The van der Waals surface area contributed by atoms with Crippen LogP contribution in [0.2, 0.25) is 0 Å². The fraction of sp³-hybridized carbons (Fsp3) is 0. The van der Waals surface area contributed by atoms with E-state index in [4.69, 9.17) is 0 Å². The molecule has 2 heterocycles. The Hall–Kier alpha value is -1.45. The van der Waals surface area contributed by atoms with Crippen LogP contribution in [-0.2, 0) is 0 Å². The molecule has 0 aliphatic carbocycles. The SMILES string of the molecule is [c]1nnc2ccncn12. The third-order valence-electron chi connectivity index (χ3n) is 1.04. The van der Waals surface area contributed by atoms with Gasteiger partial charge < -0.3 is 0 Å². The van der Waals surface area contributed by atoms with Crippen LogP contribution in [0.5, 0.6) is 0 Å². The minimum absolute atomic E-state index is 0.769. The molecule has 0 saturated carbocycles. The minimum Gasteiger partial charge on any atom is -0.263 e. The third kappa shape index (κ3) is 0.561. The smallest absolute Gasteiger partial charge is 0.208 e. The van der Waals surface area contributed by atoms with Gasteiger partial charge in [0.2, 0.25) is 6.33 Å². The highest BCUT2D eigenvalue weighted by atomic mass is 15.2. The molecule has 9 heavy (non-hydrogen) atoms. The van der Waals surface area contributed by atoms with Crippen molar-refractivity contribution in [3.63, 3.8) is 0 Å². The van der Waals surface area contributed by atoms with Crippen molar-refractivity contribution in [1.29, 1.82) is 0 Å². The number of hydrogen-bond donors (Lipinski definition) is 0. The van der Waals surface area contributed by atoms with Gasteiger partial charge in [-0.25, -0.2) is 4.98 Å². The van der Waals surface area contributed by atoms with Crippen LogP contribution in [0.4, 0.5) is 0 Å². The molecule has 0 fully saturated rings. The molecule has 0 N–H and O–H groups in total. The van der Waals surface area contributed by atoms with E-state index in [-0.39, 0.29) is 0 Å². The van der Waals surface area contributed by atoms with E-state index >= 15 is 0 Å². The quantitative estimate of drug-likeness (QED) is 0.487. The van der Waals surface area contributed by atoms with Crippen molar-refractivity contribution < 1.29 is 0 Å². The van der Waals surface area contributed by atoms with Gasteiger partial charge in [-0.05, 0) is 0 Å². The first-order chi connectivity index (χ1) is 4.47. The fourth-order valence-electron chi connectivity index (χ4n) is 0.635. The fourth-order valence-corrected chi connectivity index (χ4v) is 0.635. The lowest BCUT2D eigenvalue weighted by Gasteiger charge is -1.83. The maximum Gasteiger partial charge on any atom is 0.208 e. The summed E-state index contributed by atoms with van der Waals surface area (Å²) in [6.45, 7) is 0. The van der Waals surface area contributed by atoms with E-state index in [1.807, 2.05) is 0 Å². The Balaban J connectivity index is 2.95. The van der Waals surface area contributed by atoms with Crippen LogP contribution in [0.1, 0.15) is 0 Å². The summed E-state index contributed by atoms with van der Waals surface area (Å²) in [6.07, 6.45) is 5.88. The molecule has 0 spiro atoms. The molecule has 0 atom stereocenters. The lowest BCUT2D eigenvalue weighted by molar-refractivity contribution is 1.05. The minimum atomic E-state index is 0.769. The Morgan fingerprint density at radius 2 is 2.56 bits per heavy atom. The van der Waals surface area contributed by atoms with Crippen LogP contribution < -0.4 is 0 Å². The van der Waals surface area contributed by atoms with Crippen molar-refractivity contribution >= 4 is 5.65 Å². The van der Waals surface area contributed by atoms with Crippen LogP contribution in [0.25, 0.3) is 5.65 Å². The van der Waals surface area contributed by atoms with E-state index in [0.717, 1.165) is 5.65 Å². The molecule has 2 aromatic heterocycles. The summed E-state index contributed by atoms with van der Waals surface area (Å²) in [5.74, 6) is 0. The maximum absolute atomic E-state index is 3.84. The molecule has 0 bridgehead atoms. The van der Waals surface area contributed by atoms with E-state index in [1.54, 1.807) is 23.0 Å². The second-order valence-electron chi connectivity index (χ2n) is 1.61. The molecule has 0 saturated heterocycles. The number of aromatic nitrogens is 4. The second kappa shape index (κ2) is 1.51. The van der Waals surface area contributed by atoms with Gasteiger partial charge in [-0.3, -0.25) is 4.40 Å². The molecule has 2 rings (SSSR count).